The van der Waals surface area contributed by atoms with E-state index in [1.54, 1.807) is 12.4 Å². The third-order valence-electron chi connectivity index (χ3n) is 7.83. The first-order chi connectivity index (χ1) is 18.5. The molecule has 0 bridgehead atoms. The fraction of sp³-hybridized carbons (Fsp3) is 0.467. The van der Waals surface area contributed by atoms with Crippen LogP contribution in [0.1, 0.15) is 58.6 Å². The summed E-state index contributed by atoms with van der Waals surface area (Å²) in [5.74, 6) is 0.954. The van der Waals surface area contributed by atoms with Crippen LogP contribution in [0, 0.1) is 11.3 Å². The summed E-state index contributed by atoms with van der Waals surface area (Å²) in [7, 11) is -1.94. The van der Waals surface area contributed by atoms with Crippen molar-refractivity contribution >= 4 is 25.6 Å². The SMILES string of the molecule is CCCCOc1ncccc1Nc1nccc(-c2cc(C#N)c3c(c2)[C@@](C)(CO[Si](C)(C)C(C)(C)C)CN3)n1. The molecule has 8 nitrogen and oxygen atoms in total. The molecule has 206 valence electrons. The van der Waals surface area contributed by atoms with Crippen molar-refractivity contribution < 1.29 is 9.16 Å². The molecule has 3 aromatic rings. The minimum Gasteiger partial charge on any atom is -0.476 e. The first-order valence-electron chi connectivity index (χ1n) is 13.6. The van der Waals surface area contributed by atoms with Gasteiger partial charge in [0.05, 0.1) is 23.6 Å². The zero-order valence-corrected chi connectivity index (χ0v) is 25.2. The Hall–Kier alpha value is -3.48. The number of nitrogens with one attached hydrogen (secondary N) is 2. The molecule has 39 heavy (non-hydrogen) atoms. The lowest BCUT2D eigenvalue weighted by Crippen LogP contribution is -2.45. The minimum atomic E-state index is -1.94. The summed E-state index contributed by atoms with van der Waals surface area (Å²) in [4.78, 5) is 13.6. The number of benzene rings is 1. The van der Waals surface area contributed by atoms with Crippen LogP contribution >= 0.6 is 0 Å². The van der Waals surface area contributed by atoms with Crippen LogP contribution in [0.3, 0.4) is 0 Å². The molecule has 0 spiro atoms. The van der Waals surface area contributed by atoms with Gasteiger partial charge in [0, 0.05) is 36.5 Å². The van der Waals surface area contributed by atoms with E-state index in [1.807, 2.05) is 24.3 Å². The number of rotatable bonds is 10. The second-order valence-electron chi connectivity index (χ2n) is 12.0. The summed E-state index contributed by atoms with van der Waals surface area (Å²) >= 11 is 0. The molecule has 0 amide bonds. The van der Waals surface area contributed by atoms with E-state index in [0.29, 0.717) is 42.8 Å². The molecule has 9 heteroatoms. The van der Waals surface area contributed by atoms with Gasteiger partial charge in [-0.05, 0) is 60.4 Å². The summed E-state index contributed by atoms with van der Waals surface area (Å²) in [6, 6.07) is 12.0. The summed E-state index contributed by atoms with van der Waals surface area (Å²) in [5.41, 5.74) is 4.61. The molecule has 3 heterocycles. The molecule has 0 fully saturated rings. The Morgan fingerprint density at radius 2 is 1.97 bits per heavy atom. The van der Waals surface area contributed by atoms with Gasteiger partial charge in [0.2, 0.25) is 11.8 Å². The van der Waals surface area contributed by atoms with E-state index in [-0.39, 0.29) is 10.5 Å². The molecule has 1 atom stereocenters. The van der Waals surface area contributed by atoms with Crippen molar-refractivity contribution in [3.05, 3.63) is 53.9 Å². The minimum absolute atomic E-state index is 0.122. The molecule has 0 aliphatic carbocycles. The maximum absolute atomic E-state index is 10.00. The van der Waals surface area contributed by atoms with Gasteiger partial charge in [0.25, 0.3) is 0 Å². The van der Waals surface area contributed by atoms with Crippen molar-refractivity contribution in [3.8, 4) is 23.2 Å². The van der Waals surface area contributed by atoms with Gasteiger partial charge in [-0.15, -0.1) is 0 Å². The van der Waals surface area contributed by atoms with Crippen molar-refractivity contribution in [3.63, 3.8) is 0 Å². The molecule has 1 aromatic carbocycles. The average molecular weight is 545 g/mol. The Morgan fingerprint density at radius 1 is 1.18 bits per heavy atom. The Labute approximate surface area is 233 Å². The Balaban J connectivity index is 1.63. The second-order valence-corrected chi connectivity index (χ2v) is 16.8. The van der Waals surface area contributed by atoms with Crippen LogP contribution in [0.15, 0.2) is 42.7 Å². The molecule has 2 N–H and O–H groups in total. The average Bonchev–Trinajstić information content (AvgIpc) is 3.24. The van der Waals surface area contributed by atoms with Gasteiger partial charge < -0.3 is 19.8 Å². The van der Waals surface area contributed by atoms with Crippen LogP contribution in [-0.2, 0) is 9.84 Å². The summed E-state index contributed by atoms with van der Waals surface area (Å²) in [6.07, 6.45) is 5.42. The van der Waals surface area contributed by atoms with Crippen molar-refractivity contribution in [1.29, 1.82) is 5.26 Å². The highest BCUT2D eigenvalue weighted by atomic mass is 28.4. The monoisotopic (exact) mass is 544 g/mol. The number of hydrogen-bond acceptors (Lipinski definition) is 8. The maximum atomic E-state index is 10.00. The van der Waals surface area contributed by atoms with Gasteiger partial charge >= 0.3 is 0 Å². The van der Waals surface area contributed by atoms with Crippen LogP contribution < -0.4 is 15.4 Å². The smallest absolute Gasteiger partial charge is 0.237 e. The molecule has 0 saturated carbocycles. The topological polar surface area (TPSA) is 105 Å². The zero-order valence-electron chi connectivity index (χ0n) is 24.2. The van der Waals surface area contributed by atoms with Gasteiger partial charge in [0.15, 0.2) is 8.32 Å². The quantitative estimate of drug-likeness (QED) is 0.207. The van der Waals surface area contributed by atoms with Gasteiger partial charge in [-0.25, -0.2) is 15.0 Å². The molecule has 0 radical (unpaired) electrons. The fourth-order valence-corrected chi connectivity index (χ4v) is 5.34. The van der Waals surface area contributed by atoms with Gasteiger partial charge in [-0.3, -0.25) is 0 Å². The Bertz CT molecular complexity index is 1360. The number of pyridine rings is 1. The van der Waals surface area contributed by atoms with Gasteiger partial charge in [-0.2, -0.15) is 5.26 Å². The zero-order chi connectivity index (χ0) is 28.3. The largest absolute Gasteiger partial charge is 0.476 e. The molecular formula is C30H40N6O2Si. The predicted molar refractivity (Wildman–Crippen MR) is 159 cm³/mol. The maximum Gasteiger partial charge on any atom is 0.237 e. The standard InChI is InChI=1S/C30H40N6O2Si/c1-8-9-15-37-27-25(11-10-13-32-27)36-28-33-14-12-24(35-28)21-16-22(18-31)26-23(17-21)30(5,19-34-26)20-38-39(6,7)29(2,3)4/h10-14,16-17,34H,8-9,15,19-20H2,1-7H3,(H,33,35,36)/t30-/m1/s1. The van der Waals surface area contributed by atoms with Crippen molar-refractivity contribution in [2.45, 2.75) is 71.0 Å². The van der Waals surface area contributed by atoms with Crippen molar-refractivity contribution in [2.75, 3.05) is 30.4 Å². The van der Waals surface area contributed by atoms with Crippen LogP contribution in [0.2, 0.25) is 18.1 Å². The normalized spacial score (nSPS) is 16.8. The van der Waals surface area contributed by atoms with Gasteiger partial charge in [-0.1, -0.05) is 41.0 Å². The number of unbranched alkanes of at least 4 members (excludes halogenated alkanes) is 1. The number of anilines is 3. The van der Waals surface area contributed by atoms with E-state index >= 15 is 0 Å². The molecule has 1 aliphatic heterocycles. The van der Waals surface area contributed by atoms with E-state index in [9.17, 15) is 5.26 Å². The summed E-state index contributed by atoms with van der Waals surface area (Å²) in [6.45, 7) is 17.5. The highest BCUT2D eigenvalue weighted by Gasteiger charge is 2.42. The third-order valence-corrected chi connectivity index (χ3v) is 12.3. The van der Waals surface area contributed by atoms with Gasteiger partial charge in [0.1, 0.15) is 11.8 Å². The molecule has 2 aromatic heterocycles. The predicted octanol–water partition coefficient (Wildman–Crippen LogP) is 7.04. The number of nitrogens with zero attached hydrogens (tertiary/aromatic N) is 4. The second kappa shape index (κ2) is 11.3. The number of nitriles is 1. The highest BCUT2D eigenvalue weighted by Crippen LogP contribution is 2.44. The summed E-state index contributed by atoms with van der Waals surface area (Å²) in [5, 5.41) is 16.9. The van der Waals surface area contributed by atoms with Crippen molar-refractivity contribution in [2.24, 2.45) is 0 Å². The lowest BCUT2D eigenvalue weighted by Gasteiger charge is -2.39. The van der Waals surface area contributed by atoms with Crippen LogP contribution in [0.5, 0.6) is 5.88 Å². The lowest BCUT2D eigenvalue weighted by molar-refractivity contribution is 0.220. The number of ether oxygens (including phenoxy) is 1. The van der Waals surface area contributed by atoms with Crippen LogP contribution in [0.25, 0.3) is 11.3 Å². The van der Waals surface area contributed by atoms with E-state index in [0.717, 1.165) is 35.3 Å². The number of aromatic nitrogens is 3. The third kappa shape index (κ3) is 6.23. The highest BCUT2D eigenvalue weighted by molar-refractivity contribution is 6.74. The number of fused-ring (bicyclic) bond motifs is 1. The first-order valence-corrected chi connectivity index (χ1v) is 16.5. The van der Waals surface area contributed by atoms with Crippen LogP contribution in [0.4, 0.5) is 17.3 Å². The Kier molecular flexibility index (Phi) is 8.28. The van der Waals surface area contributed by atoms with E-state index in [1.165, 1.54) is 0 Å². The molecule has 0 saturated heterocycles. The number of hydrogen-bond donors (Lipinski definition) is 2. The van der Waals surface area contributed by atoms with Crippen LogP contribution in [-0.4, -0.2) is 43.0 Å². The van der Waals surface area contributed by atoms with E-state index < -0.39 is 8.32 Å². The Morgan fingerprint density at radius 3 is 2.69 bits per heavy atom. The molecule has 0 unspecified atom stereocenters. The molecule has 1 aliphatic rings. The molecular weight excluding hydrogens is 504 g/mol. The first kappa shape index (κ1) is 28.5. The van der Waals surface area contributed by atoms with E-state index in [4.69, 9.17) is 14.1 Å². The molecule has 4 rings (SSSR count). The fourth-order valence-electron chi connectivity index (χ4n) is 4.22. The lowest BCUT2D eigenvalue weighted by atomic mass is 9.83. The summed E-state index contributed by atoms with van der Waals surface area (Å²) < 4.78 is 12.5. The van der Waals surface area contributed by atoms with Crippen molar-refractivity contribution in [1.82, 2.24) is 15.0 Å². The van der Waals surface area contributed by atoms with E-state index in [2.05, 4.69) is 80.4 Å².